The maximum atomic E-state index is 11.9. The number of aromatic nitrogens is 4. The lowest BCUT2D eigenvalue weighted by Gasteiger charge is -2.45. The number of benzene rings is 1. The van der Waals surface area contributed by atoms with Crippen LogP contribution in [0.25, 0.3) is 11.2 Å². The van der Waals surface area contributed by atoms with Crippen molar-refractivity contribution < 1.29 is 9.53 Å². The summed E-state index contributed by atoms with van der Waals surface area (Å²) in [5.41, 5.74) is 3.34. The maximum Gasteiger partial charge on any atom is 0.305 e. The van der Waals surface area contributed by atoms with Gasteiger partial charge in [0.25, 0.3) is 0 Å². The summed E-state index contributed by atoms with van der Waals surface area (Å²) in [4.78, 5) is 26.8. The Bertz CT molecular complexity index is 1350. The van der Waals surface area contributed by atoms with Crippen molar-refractivity contribution in [3.05, 3.63) is 45.7 Å². The van der Waals surface area contributed by atoms with Crippen molar-refractivity contribution in [2.24, 2.45) is 11.8 Å². The first-order chi connectivity index (χ1) is 18.7. The first-order valence-corrected chi connectivity index (χ1v) is 14.7. The molecule has 2 fully saturated rings. The van der Waals surface area contributed by atoms with E-state index in [4.69, 9.17) is 43.0 Å². The molecule has 3 aromatic rings. The first-order valence-electron chi connectivity index (χ1n) is 13.9. The molecule has 10 heteroatoms. The third kappa shape index (κ3) is 5.61. The normalized spacial score (nSPS) is 23.8. The fourth-order valence-corrected chi connectivity index (χ4v) is 7.16. The van der Waals surface area contributed by atoms with Gasteiger partial charge < -0.3 is 9.64 Å². The van der Waals surface area contributed by atoms with Crippen LogP contribution in [0.1, 0.15) is 63.8 Å². The molecule has 2 aliphatic heterocycles. The number of rotatable bonds is 7. The zero-order valence-corrected chi connectivity index (χ0v) is 24.9. The SMILES string of the molecule is COC(=O)CC(C)[C@@H]1CCCN1C1CCN(c2cnc3c(C)nn([C@H](C)c4ccc(Cl)cc4Cl)c3n2)CC1C. The number of methoxy groups -OCH3 is 1. The Hall–Kier alpha value is -2.42. The van der Waals surface area contributed by atoms with Crippen molar-refractivity contribution in [1.29, 1.82) is 0 Å². The quantitative estimate of drug-likeness (QED) is 0.325. The van der Waals surface area contributed by atoms with Crippen LogP contribution in [0.3, 0.4) is 0 Å². The average Bonchev–Trinajstić information content (AvgIpc) is 3.53. The highest BCUT2D eigenvalue weighted by molar-refractivity contribution is 6.35. The van der Waals surface area contributed by atoms with Gasteiger partial charge in [0, 0.05) is 41.6 Å². The van der Waals surface area contributed by atoms with Gasteiger partial charge in [-0.2, -0.15) is 5.10 Å². The summed E-state index contributed by atoms with van der Waals surface area (Å²) in [5.74, 6) is 1.51. The van der Waals surface area contributed by atoms with E-state index in [2.05, 4.69) is 30.6 Å². The van der Waals surface area contributed by atoms with Gasteiger partial charge >= 0.3 is 5.97 Å². The number of esters is 1. The minimum atomic E-state index is -0.126. The summed E-state index contributed by atoms with van der Waals surface area (Å²) in [7, 11) is 1.47. The Morgan fingerprint density at radius 1 is 1.21 bits per heavy atom. The second kappa shape index (κ2) is 11.6. The predicted molar refractivity (Wildman–Crippen MR) is 156 cm³/mol. The van der Waals surface area contributed by atoms with Gasteiger partial charge in [-0.3, -0.25) is 9.69 Å². The molecule has 0 bridgehead atoms. The zero-order valence-electron chi connectivity index (χ0n) is 23.4. The molecule has 2 saturated heterocycles. The smallest absolute Gasteiger partial charge is 0.305 e. The standard InChI is InChI=1S/C29H38Cl2N6O2/c1-17(13-27(38)39-5)24-7-6-11-36(24)25-10-12-35(16-18(25)2)26-15-32-28-19(3)34-37(29(28)33-26)20(4)22-9-8-21(30)14-23(22)31/h8-9,14-15,17-18,20,24-25H,6-7,10-13,16H2,1-5H3/t17?,18?,20-,24+,25?/m1/s1. The molecule has 2 aliphatic rings. The lowest BCUT2D eigenvalue weighted by atomic mass is 9.89. The number of nitrogens with zero attached hydrogens (tertiary/aromatic N) is 6. The molecular weight excluding hydrogens is 535 g/mol. The number of ether oxygens (including phenoxy) is 1. The molecule has 1 aromatic carbocycles. The van der Waals surface area contributed by atoms with Crippen LogP contribution in [-0.2, 0) is 9.53 Å². The van der Waals surface area contributed by atoms with Crippen molar-refractivity contribution in [1.82, 2.24) is 24.6 Å². The summed E-state index contributed by atoms with van der Waals surface area (Å²) in [5, 5.41) is 6.00. The van der Waals surface area contributed by atoms with E-state index < -0.39 is 0 Å². The lowest BCUT2D eigenvalue weighted by molar-refractivity contribution is -0.142. The third-order valence-electron chi connectivity index (χ3n) is 8.66. The van der Waals surface area contributed by atoms with Gasteiger partial charge in [0.05, 0.1) is 25.0 Å². The Kier molecular flexibility index (Phi) is 8.36. The van der Waals surface area contributed by atoms with Crippen LogP contribution >= 0.6 is 23.2 Å². The Morgan fingerprint density at radius 2 is 2.00 bits per heavy atom. The molecule has 8 nitrogen and oxygen atoms in total. The van der Waals surface area contributed by atoms with Crippen LogP contribution < -0.4 is 4.90 Å². The molecule has 0 N–H and O–H groups in total. The van der Waals surface area contributed by atoms with Crippen LogP contribution in [0, 0.1) is 18.8 Å². The highest BCUT2D eigenvalue weighted by atomic mass is 35.5. The van der Waals surface area contributed by atoms with Crippen molar-refractivity contribution in [3.63, 3.8) is 0 Å². The Labute approximate surface area is 240 Å². The maximum absolute atomic E-state index is 11.9. The van der Waals surface area contributed by atoms with Crippen LogP contribution in [0.2, 0.25) is 10.0 Å². The van der Waals surface area contributed by atoms with Gasteiger partial charge in [0.1, 0.15) is 11.3 Å². The van der Waals surface area contributed by atoms with Crippen molar-refractivity contribution in [2.45, 2.75) is 71.5 Å². The van der Waals surface area contributed by atoms with Gasteiger partial charge in [0.2, 0.25) is 0 Å². The Morgan fingerprint density at radius 3 is 2.72 bits per heavy atom. The van der Waals surface area contributed by atoms with Crippen molar-refractivity contribution in [2.75, 3.05) is 31.6 Å². The van der Waals surface area contributed by atoms with Gasteiger partial charge in [0.15, 0.2) is 5.65 Å². The van der Waals surface area contributed by atoms with Crippen LogP contribution in [0.4, 0.5) is 5.82 Å². The summed E-state index contributed by atoms with van der Waals surface area (Å²) < 4.78 is 6.86. The first kappa shape index (κ1) is 28.1. The number of hydrogen-bond acceptors (Lipinski definition) is 7. The molecule has 0 radical (unpaired) electrons. The molecule has 0 amide bonds. The van der Waals surface area contributed by atoms with Gasteiger partial charge in [-0.1, -0.05) is 43.1 Å². The number of aryl methyl sites for hydroxylation is 1. The molecule has 3 unspecified atom stereocenters. The second-order valence-corrected chi connectivity index (χ2v) is 12.1. The van der Waals surface area contributed by atoms with Gasteiger partial charge in [-0.25, -0.2) is 14.6 Å². The van der Waals surface area contributed by atoms with Crippen molar-refractivity contribution in [3.8, 4) is 0 Å². The number of likely N-dealkylation sites (tertiary alicyclic amines) is 1. The van der Waals surface area contributed by atoms with Crippen LogP contribution in [-0.4, -0.2) is 69.4 Å². The number of piperidine rings is 1. The van der Waals surface area contributed by atoms with Crippen molar-refractivity contribution >= 4 is 46.2 Å². The summed E-state index contributed by atoms with van der Waals surface area (Å²) in [6.45, 7) is 11.5. The minimum absolute atomic E-state index is 0.117. The number of fused-ring (bicyclic) bond motifs is 1. The molecule has 5 rings (SSSR count). The topological polar surface area (TPSA) is 76.4 Å². The molecule has 210 valence electrons. The fraction of sp³-hybridized carbons (Fsp3) is 0.586. The highest BCUT2D eigenvalue weighted by Gasteiger charge is 2.39. The number of carbonyl (C=O) groups is 1. The highest BCUT2D eigenvalue weighted by Crippen LogP contribution is 2.35. The van der Waals surface area contributed by atoms with Crippen LogP contribution in [0.15, 0.2) is 24.4 Å². The second-order valence-electron chi connectivity index (χ2n) is 11.3. The average molecular weight is 574 g/mol. The molecule has 39 heavy (non-hydrogen) atoms. The molecule has 4 heterocycles. The molecule has 0 spiro atoms. The molecule has 5 atom stereocenters. The number of carbonyl (C=O) groups excluding carboxylic acids is 1. The van der Waals surface area contributed by atoms with E-state index in [1.807, 2.05) is 29.9 Å². The lowest BCUT2D eigenvalue weighted by Crippen LogP contribution is -2.53. The minimum Gasteiger partial charge on any atom is -0.469 e. The predicted octanol–water partition coefficient (Wildman–Crippen LogP) is 5.93. The van der Waals surface area contributed by atoms with E-state index in [0.717, 1.165) is 60.7 Å². The molecule has 0 saturated carbocycles. The van der Waals surface area contributed by atoms with E-state index in [-0.39, 0.29) is 17.9 Å². The third-order valence-corrected chi connectivity index (χ3v) is 9.23. The number of halogens is 2. The number of anilines is 1. The van der Waals surface area contributed by atoms with Crippen LogP contribution in [0.5, 0.6) is 0 Å². The van der Waals surface area contributed by atoms with E-state index in [9.17, 15) is 4.79 Å². The summed E-state index contributed by atoms with van der Waals surface area (Å²) in [6, 6.07) is 6.35. The summed E-state index contributed by atoms with van der Waals surface area (Å²) in [6.07, 6.45) is 5.74. The van der Waals surface area contributed by atoms with E-state index >= 15 is 0 Å². The van der Waals surface area contributed by atoms with Gasteiger partial charge in [-0.05, 0) is 69.2 Å². The summed E-state index contributed by atoms with van der Waals surface area (Å²) >= 11 is 12.7. The number of hydrogen-bond donors (Lipinski definition) is 0. The molecule has 0 aliphatic carbocycles. The van der Waals surface area contributed by atoms with Gasteiger partial charge in [-0.15, -0.1) is 0 Å². The monoisotopic (exact) mass is 572 g/mol. The largest absolute Gasteiger partial charge is 0.469 e. The zero-order chi connectivity index (χ0) is 27.8. The molecule has 2 aromatic heterocycles. The van der Waals surface area contributed by atoms with E-state index in [1.165, 1.54) is 13.5 Å². The van der Waals surface area contributed by atoms with E-state index in [1.54, 1.807) is 6.07 Å². The molecular formula is C29H38Cl2N6O2. The fourth-order valence-electron chi connectivity index (χ4n) is 6.59. The van der Waals surface area contributed by atoms with E-state index in [0.29, 0.717) is 34.5 Å². The Balaban J connectivity index is 1.34.